The third-order valence-corrected chi connectivity index (χ3v) is 6.48. The Morgan fingerprint density at radius 3 is 2.47 bits per heavy atom. The molecule has 1 fully saturated rings. The largest absolute Gasteiger partial charge is 0.372 e. The van der Waals surface area contributed by atoms with E-state index in [-0.39, 0.29) is 41.5 Å². The second-order valence-corrected chi connectivity index (χ2v) is 9.47. The van der Waals surface area contributed by atoms with E-state index in [2.05, 4.69) is 33.8 Å². The Balaban J connectivity index is 0.00000320. The molecule has 1 saturated heterocycles. The SMILES string of the molecule is CCNC(=NCc1cccc(COCc2ccccc2)c1)NC1CCS(=O)(=O)C1.I. The number of sulfone groups is 1. The molecule has 2 aromatic carbocycles. The highest BCUT2D eigenvalue weighted by molar-refractivity contribution is 14.0. The van der Waals surface area contributed by atoms with Crippen LogP contribution in [0.5, 0.6) is 0 Å². The highest BCUT2D eigenvalue weighted by Crippen LogP contribution is 2.12. The molecule has 30 heavy (non-hydrogen) atoms. The Labute approximate surface area is 196 Å². The van der Waals surface area contributed by atoms with E-state index in [0.29, 0.717) is 32.1 Å². The first-order valence-electron chi connectivity index (χ1n) is 9.99. The molecule has 8 heteroatoms. The van der Waals surface area contributed by atoms with Crippen molar-refractivity contribution in [2.75, 3.05) is 18.1 Å². The van der Waals surface area contributed by atoms with E-state index in [9.17, 15) is 8.42 Å². The standard InChI is InChI=1S/C22H29N3O3S.HI/c1-2-23-22(25-21-11-12-29(26,27)17-21)24-14-19-9-6-10-20(13-19)16-28-15-18-7-4-3-5-8-18;/h3-10,13,21H,2,11-12,14-17H2,1H3,(H2,23,24,25);1H. The number of hydrogen-bond acceptors (Lipinski definition) is 4. The summed E-state index contributed by atoms with van der Waals surface area (Å²) >= 11 is 0. The molecule has 0 radical (unpaired) electrons. The molecular formula is C22H30IN3O3S. The lowest BCUT2D eigenvalue weighted by atomic mass is 10.1. The zero-order chi connectivity index (χ0) is 20.5. The molecule has 0 spiro atoms. The maximum atomic E-state index is 11.7. The Kier molecular flexibility index (Phi) is 10.1. The molecule has 2 aromatic rings. The van der Waals surface area contributed by atoms with Crippen LogP contribution >= 0.6 is 24.0 Å². The molecule has 1 heterocycles. The molecule has 164 valence electrons. The number of aliphatic imine (C=N–C) groups is 1. The van der Waals surface area contributed by atoms with E-state index in [1.807, 2.05) is 43.3 Å². The van der Waals surface area contributed by atoms with Crippen LogP contribution in [0.25, 0.3) is 0 Å². The number of halogens is 1. The van der Waals surface area contributed by atoms with Crippen LogP contribution in [-0.4, -0.2) is 38.5 Å². The number of guanidine groups is 1. The maximum Gasteiger partial charge on any atom is 0.191 e. The van der Waals surface area contributed by atoms with Gasteiger partial charge in [0.25, 0.3) is 0 Å². The van der Waals surface area contributed by atoms with Crippen molar-refractivity contribution >= 4 is 39.8 Å². The van der Waals surface area contributed by atoms with E-state index in [0.717, 1.165) is 23.2 Å². The van der Waals surface area contributed by atoms with Gasteiger partial charge >= 0.3 is 0 Å². The molecule has 2 N–H and O–H groups in total. The van der Waals surface area contributed by atoms with Crippen LogP contribution in [0.15, 0.2) is 59.6 Å². The van der Waals surface area contributed by atoms with Gasteiger partial charge in [-0.05, 0) is 30.0 Å². The van der Waals surface area contributed by atoms with Crippen LogP contribution < -0.4 is 10.6 Å². The van der Waals surface area contributed by atoms with Gasteiger partial charge in [-0.3, -0.25) is 0 Å². The van der Waals surface area contributed by atoms with E-state index in [4.69, 9.17) is 4.74 Å². The molecule has 1 atom stereocenters. The predicted molar refractivity (Wildman–Crippen MR) is 132 cm³/mol. The third kappa shape index (κ3) is 8.23. The van der Waals surface area contributed by atoms with Gasteiger partial charge in [-0.15, -0.1) is 24.0 Å². The zero-order valence-corrected chi connectivity index (χ0v) is 20.4. The van der Waals surface area contributed by atoms with Gasteiger partial charge in [0, 0.05) is 12.6 Å². The summed E-state index contributed by atoms with van der Waals surface area (Å²) in [6.45, 7) is 4.36. The van der Waals surface area contributed by atoms with Gasteiger partial charge in [-0.1, -0.05) is 54.6 Å². The second kappa shape index (κ2) is 12.3. The Morgan fingerprint density at radius 1 is 1.07 bits per heavy atom. The van der Waals surface area contributed by atoms with Crippen LogP contribution in [0.4, 0.5) is 0 Å². The third-order valence-electron chi connectivity index (χ3n) is 4.71. The maximum absolute atomic E-state index is 11.7. The molecular weight excluding hydrogens is 513 g/mol. The first kappa shape index (κ1) is 24.6. The van der Waals surface area contributed by atoms with Crippen molar-refractivity contribution in [1.29, 1.82) is 0 Å². The van der Waals surface area contributed by atoms with Crippen LogP contribution in [0.1, 0.15) is 30.0 Å². The normalized spacial score (nSPS) is 17.9. The summed E-state index contributed by atoms with van der Waals surface area (Å²) in [4.78, 5) is 4.62. The van der Waals surface area contributed by atoms with Crippen molar-refractivity contribution in [3.8, 4) is 0 Å². The topological polar surface area (TPSA) is 79.8 Å². The average Bonchev–Trinajstić information content (AvgIpc) is 3.06. The lowest BCUT2D eigenvalue weighted by molar-refractivity contribution is 0.107. The fraction of sp³-hybridized carbons (Fsp3) is 0.409. The minimum absolute atomic E-state index is 0. The van der Waals surface area contributed by atoms with Crippen molar-refractivity contribution in [3.63, 3.8) is 0 Å². The second-order valence-electron chi connectivity index (χ2n) is 7.24. The van der Waals surface area contributed by atoms with Gasteiger partial charge in [0.2, 0.25) is 0 Å². The lowest BCUT2D eigenvalue weighted by Gasteiger charge is -2.16. The predicted octanol–water partition coefficient (Wildman–Crippen LogP) is 3.26. The van der Waals surface area contributed by atoms with Gasteiger partial charge in [-0.2, -0.15) is 0 Å². The number of benzene rings is 2. The van der Waals surface area contributed by atoms with Crippen LogP contribution in [0.3, 0.4) is 0 Å². The summed E-state index contributed by atoms with van der Waals surface area (Å²) in [5.74, 6) is 1.07. The molecule has 0 aliphatic carbocycles. The van der Waals surface area contributed by atoms with Crippen LogP contribution in [0, 0.1) is 0 Å². The quantitative estimate of drug-likeness (QED) is 0.304. The molecule has 6 nitrogen and oxygen atoms in total. The molecule has 0 saturated carbocycles. The van der Waals surface area contributed by atoms with Crippen molar-refractivity contribution in [2.45, 2.75) is 39.1 Å². The molecule has 0 aromatic heterocycles. The number of nitrogens with one attached hydrogen (secondary N) is 2. The average molecular weight is 543 g/mol. The summed E-state index contributed by atoms with van der Waals surface area (Å²) in [6.07, 6.45) is 0.626. The van der Waals surface area contributed by atoms with Gasteiger partial charge in [0.15, 0.2) is 15.8 Å². The summed E-state index contributed by atoms with van der Waals surface area (Å²) in [5.41, 5.74) is 3.35. The van der Waals surface area contributed by atoms with Crippen molar-refractivity contribution in [1.82, 2.24) is 10.6 Å². The zero-order valence-electron chi connectivity index (χ0n) is 17.2. The minimum Gasteiger partial charge on any atom is -0.372 e. The Hall–Kier alpha value is -1.65. The fourth-order valence-electron chi connectivity index (χ4n) is 3.27. The summed E-state index contributed by atoms with van der Waals surface area (Å²) in [7, 11) is -2.92. The van der Waals surface area contributed by atoms with Gasteiger partial charge in [0.1, 0.15) is 0 Å². The summed E-state index contributed by atoms with van der Waals surface area (Å²) in [5, 5.41) is 6.44. The van der Waals surface area contributed by atoms with Crippen molar-refractivity contribution in [3.05, 3.63) is 71.3 Å². The summed E-state index contributed by atoms with van der Waals surface area (Å²) < 4.78 is 29.1. The number of hydrogen-bond donors (Lipinski definition) is 2. The molecule has 1 unspecified atom stereocenters. The highest BCUT2D eigenvalue weighted by Gasteiger charge is 2.28. The van der Waals surface area contributed by atoms with Gasteiger partial charge in [-0.25, -0.2) is 13.4 Å². The van der Waals surface area contributed by atoms with E-state index >= 15 is 0 Å². The van der Waals surface area contributed by atoms with Gasteiger partial charge in [0.05, 0.1) is 31.3 Å². The monoisotopic (exact) mass is 543 g/mol. The van der Waals surface area contributed by atoms with Crippen LogP contribution in [-0.2, 0) is 34.3 Å². The van der Waals surface area contributed by atoms with E-state index in [1.54, 1.807) is 0 Å². The van der Waals surface area contributed by atoms with E-state index in [1.165, 1.54) is 0 Å². The molecule has 0 bridgehead atoms. The first-order chi connectivity index (χ1) is 14.0. The van der Waals surface area contributed by atoms with Crippen LogP contribution in [0.2, 0.25) is 0 Å². The lowest BCUT2D eigenvalue weighted by Crippen LogP contribution is -2.44. The minimum atomic E-state index is -2.92. The summed E-state index contributed by atoms with van der Waals surface area (Å²) in [6, 6.07) is 18.2. The highest BCUT2D eigenvalue weighted by atomic mass is 127. The molecule has 0 amide bonds. The number of ether oxygens (including phenoxy) is 1. The Bertz CT molecular complexity index is 920. The van der Waals surface area contributed by atoms with Gasteiger partial charge < -0.3 is 15.4 Å². The van der Waals surface area contributed by atoms with Crippen molar-refractivity contribution in [2.24, 2.45) is 4.99 Å². The number of nitrogens with zero attached hydrogens (tertiary/aromatic N) is 1. The Morgan fingerprint density at radius 2 is 1.77 bits per heavy atom. The number of rotatable bonds is 8. The fourth-order valence-corrected chi connectivity index (χ4v) is 4.94. The van der Waals surface area contributed by atoms with Crippen molar-refractivity contribution < 1.29 is 13.2 Å². The molecule has 3 rings (SSSR count). The van der Waals surface area contributed by atoms with E-state index < -0.39 is 9.84 Å². The molecule has 1 aliphatic heterocycles. The first-order valence-corrected chi connectivity index (χ1v) is 11.8. The smallest absolute Gasteiger partial charge is 0.191 e. The molecule has 1 aliphatic rings.